The number of hydrogen-bond donors (Lipinski definition) is 0. The molecule has 0 spiro atoms. The first-order chi connectivity index (χ1) is 17.7. The molecule has 3 aromatic carbocycles. The predicted octanol–water partition coefficient (Wildman–Crippen LogP) is 7.85. The van der Waals surface area contributed by atoms with E-state index in [1.54, 1.807) is 41.3 Å². The summed E-state index contributed by atoms with van der Waals surface area (Å²) in [6, 6.07) is 19.0. The van der Waals surface area contributed by atoms with Crippen molar-refractivity contribution in [3.05, 3.63) is 102 Å². The van der Waals surface area contributed by atoms with Crippen molar-refractivity contribution >= 4 is 67.8 Å². The number of carbonyl (C=O) groups excluding carboxylic acids is 1. The Morgan fingerprint density at radius 2 is 1.92 bits per heavy atom. The molecule has 0 bridgehead atoms. The number of thioether (sulfide) groups is 1. The van der Waals surface area contributed by atoms with Gasteiger partial charge >= 0.3 is 0 Å². The summed E-state index contributed by atoms with van der Waals surface area (Å²) in [4.78, 5) is 31.0. The van der Waals surface area contributed by atoms with Crippen LogP contribution in [0.2, 0.25) is 5.02 Å². The van der Waals surface area contributed by atoms with Crippen molar-refractivity contribution in [2.75, 3.05) is 6.54 Å². The van der Waals surface area contributed by atoms with E-state index in [-0.39, 0.29) is 24.1 Å². The van der Waals surface area contributed by atoms with Crippen molar-refractivity contribution in [3.63, 3.8) is 0 Å². The third-order valence-corrected chi connectivity index (χ3v) is 7.01. The molecule has 0 atom stereocenters. The molecule has 3 aromatic rings. The number of carbonyl (C=O) groups is 1. The molecule has 0 aromatic heterocycles. The first kappa shape index (κ1) is 26.9. The van der Waals surface area contributed by atoms with Gasteiger partial charge in [0.2, 0.25) is 0 Å². The molecule has 1 aliphatic rings. The van der Waals surface area contributed by atoms with Gasteiger partial charge in [-0.1, -0.05) is 53.5 Å². The monoisotopic (exact) mass is 599 g/mol. The van der Waals surface area contributed by atoms with Gasteiger partial charge in [0, 0.05) is 33.7 Å². The van der Waals surface area contributed by atoms with E-state index in [0.29, 0.717) is 44.2 Å². The van der Waals surface area contributed by atoms with E-state index in [4.69, 9.17) is 21.3 Å². The normalized spacial score (nSPS) is 15.7. The number of non-ortho nitro benzene ring substituents is 1. The lowest BCUT2D eigenvalue weighted by Gasteiger charge is -2.17. The van der Waals surface area contributed by atoms with E-state index in [1.807, 2.05) is 38.1 Å². The van der Waals surface area contributed by atoms with Gasteiger partial charge in [0.05, 0.1) is 15.5 Å². The van der Waals surface area contributed by atoms with Crippen molar-refractivity contribution in [1.29, 1.82) is 0 Å². The van der Waals surface area contributed by atoms with Crippen LogP contribution in [0.15, 0.2) is 81.1 Å². The minimum atomic E-state index is -0.437. The van der Waals surface area contributed by atoms with Crippen LogP contribution in [0.3, 0.4) is 0 Å². The Morgan fingerprint density at radius 1 is 1.16 bits per heavy atom. The maximum Gasteiger partial charge on any atom is 0.269 e. The average Bonchev–Trinajstić information content (AvgIpc) is 3.13. The van der Waals surface area contributed by atoms with Crippen LogP contribution in [-0.2, 0) is 11.4 Å². The van der Waals surface area contributed by atoms with Crippen molar-refractivity contribution in [1.82, 2.24) is 4.90 Å². The first-order valence-corrected chi connectivity index (χ1v) is 13.4. The molecule has 0 unspecified atom stereocenters. The second-order valence-corrected chi connectivity index (χ2v) is 11.1. The number of hydrogen-bond acceptors (Lipinski definition) is 6. The molecule has 10 heteroatoms. The minimum absolute atomic E-state index is 0.00458. The zero-order valence-corrected chi connectivity index (χ0v) is 23.2. The van der Waals surface area contributed by atoms with Crippen LogP contribution in [0.25, 0.3) is 6.08 Å². The summed E-state index contributed by atoms with van der Waals surface area (Å²) in [6.45, 7) is 4.77. The molecule has 1 heterocycles. The van der Waals surface area contributed by atoms with Gasteiger partial charge < -0.3 is 4.74 Å². The van der Waals surface area contributed by atoms with Crippen LogP contribution in [0.5, 0.6) is 5.75 Å². The van der Waals surface area contributed by atoms with E-state index in [1.165, 1.54) is 23.9 Å². The van der Waals surface area contributed by atoms with Crippen molar-refractivity contribution in [2.45, 2.75) is 20.5 Å². The van der Waals surface area contributed by atoms with Gasteiger partial charge in [-0.15, -0.1) is 0 Å². The highest BCUT2D eigenvalue weighted by molar-refractivity contribution is 9.10. The zero-order chi connectivity index (χ0) is 26.5. The Morgan fingerprint density at radius 3 is 2.62 bits per heavy atom. The van der Waals surface area contributed by atoms with Gasteiger partial charge in [0.25, 0.3) is 11.6 Å². The largest absolute Gasteiger partial charge is 0.488 e. The van der Waals surface area contributed by atoms with E-state index in [0.717, 1.165) is 4.47 Å². The van der Waals surface area contributed by atoms with Gasteiger partial charge in [0.1, 0.15) is 12.4 Å². The maximum absolute atomic E-state index is 13.4. The second kappa shape index (κ2) is 11.9. The highest BCUT2D eigenvalue weighted by Crippen LogP contribution is 2.37. The van der Waals surface area contributed by atoms with Gasteiger partial charge in [-0.3, -0.25) is 19.8 Å². The number of halogens is 2. The summed E-state index contributed by atoms with van der Waals surface area (Å²) < 4.78 is 6.84. The molecular formula is C27H23BrClN3O4S. The number of rotatable bonds is 8. The number of benzene rings is 3. The fourth-order valence-corrected chi connectivity index (χ4v) is 5.07. The second-order valence-electron chi connectivity index (χ2n) is 8.69. The molecule has 1 amide bonds. The molecule has 37 heavy (non-hydrogen) atoms. The lowest BCUT2D eigenvalue weighted by Crippen LogP contribution is -2.32. The highest BCUT2D eigenvalue weighted by Gasteiger charge is 2.34. The number of nitro groups is 1. The molecule has 7 nitrogen and oxygen atoms in total. The number of amidine groups is 1. The topological polar surface area (TPSA) is 85.0 Å². The van der Waals surface area contributed by atoms with Crippen LogP contribution in [0, 0.1) is 16.0 Å². The Kier molecular flexibility index (Phi) is 8.68. The molecule has 190 valence electrons. The fourth-order valence-electron chi connectivity index (χ4n) is 3.57. The Bertz CT molecular complexity index is 1390. The van der Waals surface area contributed by atoms with Crippen LogP contribution in [0.4, 0.5) is 11.4 Å². The number of amides is 1. The number of aliphatic imine (C=N–C) groups is 1. The molecular weight excluding hydrogens is 578 g/mol. The fraction of sp³-hybridized carbons (Fsp3) is 0.185. The van der Waals surface area contributed by atoms with Crippen molar-refractivity contribution in [3.8, 4) is 5.75 Å². The Balaban J connectivity index is 1.63. The molecule has 1 fully saturated rings. The molecule has 0 radical (unpaired) electrons. The third-order valence-electron chi connectivity index (χ3n) is 5.26. The van der Waals surface area contributed by atoms with Gasteiger partial charge in [0.15, 0.2) is 5.17 Å². The van der Waals surface area contributed by atoms with Crippen LogP contribution in [-0.4, -0.2) is 27.4 Å². The van der Waals surface area contributed by atoms with Crippen LogP contribution < -0.4 is 4.74 Å². The number of ether oxygens (including phenoxy) is 1. The SMILES string of the molecule is CC(C)CN1C(=O)/C(=C/c2cc(Br)ccc2OCc2cccc([N+](=O)[O-])c2)SC1=Nc1ccc(Cl)cc1. The molecule has 4 rings (SSSR count). The molecule has 1 saturated heterocycles. The average molecular weight is 601 g/mol. The standard InChI is InChI=1S/C27H23BrClN3O4S/c1-17(2)15-31-26(33)25(37-27(31)30-22-9-7-21(29)8-10-22)14-19-13-20(28)6-11-24(19)36-16-18-4-3-5-23(12-18)32(34)35/h3-14,17H,15-16H2,1-2H3/b25-14-,30-27?. The van der Waals surface area contributed by atoms with E-state index >= 15 is 0 Å². The van der Waals surface area contributed by atoms with Gasteiger partial charge in [-0.2, -0.15) is 0 Å². The van der Waals surface area contributed by atoms with Crippen LogP contribution >= 0.6 is 39.3 Å². The molecule has 0 saturated carbocycles. The quantitative estimate of drug-likeness (QED) is 0.149. The summed E-state index contributed by atoms with van der Waals surface area (Å²) in [5.74, 6) is 0.670. The predicted molar refractivity (Wildman–Crippen MR) is 152 cm³/mol. The van der Waals surface area contributed by atoms with E-state index in [2.05, 4.69) is 15.9 Å². The Labute approximate surface area is 232 Å². The van der Waals surface area contributed by atoms with Gasteiger partial charge in [-0.25, -0.2) is 4.99 Å². The number of nitrogens with zero attached hydrogens (tertiary/aromatic N) is 3. The first-order valence-electron chi connectivity index (χ1n) is 11.4. The van der Waals surface area contributed by atoms with E-state index in [9.17, 15) is 14.9 Å². The maximum atomic E-state index is 13.4. The molecule has 1 aliphatic heterocycles. The Hall–Kier alpha value is -3.14. The summed E-state index contributed by atoms with van der Waals surface area (Å²) in [5.41, 5.74) is 2.08. The summed E-state index contributed by atoms with van der Waals surface area (Å²) in [5, 5.41) is 12.3. The summed E-state index contributed by atoms with van der Waals surface area (Å²) in [7, 11) is 0. The summed E-state index contributed by atoms with van der Waals surface area (Å²) >= 11 is 10.8. The third kappa shape index (κ3) is 7.00. The van der Waals surface area contributed by atoms with Crippen molar-refractivity contribution in [2.24, 2.45) is 10.9 Å². The number of nitro benzene ring substituents is 1. The lowest BCUT2D eigenvalue weighted by atomic mass is 10.1. The van der Waals surface area contributed by atoms with Crippen LogP contribution in [0.1, 0.15) is 25.0 Å². The lowest BCUT2D eigenvalue weighted by molar-refractivity contribution is -0.384. The zero-order valence-electron chi connectivity index (χ0n) is 20.1. The summed E-state index contributed by atoms with van der Waals surface area (Å²) in [6.07, 6.45) is 1.79. The highest BCUT2D eigenvalue weighted by atomic mass is 79.9. The van der Waals surface area contributed by atoms with Gasteiger partial charge in [-0.05, 0) is 71.8 Å². The molecule has 0 aliphatic carbocycles. The van der Waals surface area contributed by atoms with Crippen molar-refractivity contribution < 1.29 is 14.5 Å². The van der Waals surface area contributed by atoms with E-state index < -0.39 is 4.92 Å². The minimum Gasteiger partial charge on any atom is -0.488 e. The smallest absolute Gasteiger partial charge is 0.269 e. The molecule has 0 N–H and O–H groups in total.